The van der Waals surface area contributed by atoms with Crippen molar-refractivity contribution < 1.29 is 4.74 Å². The van der Waals surface area contributed by atoms with Gasteiger partial charge in [-0.1, -0.05) is 43.7 Å². The maximum Gasteiger partial charge on any atom is 0.272 e. The van der Waals surface area contributed by atoms with Crippen LogP contribution in [-0.4, -0.2) is 16.9 Å². The fraction of sp³-hybridized carbons (Fsp3) is 0.250. The second-order valence-electron chi connectivity index (χ2n) is 6.26. The SMILES string of the molecule is COc1ccc(-n2[nH]c(=O)c(-c3ccc(C)cc3)c2C(C)C)cc1. The summed E-state index contributed by atoms with van der Waals surface area (Å²) in [5, 5.41) is 2.98. The van der Waals surface area contributed by atoms with Gasteiger partial charge in [0.1, 0.15) is 5.75 Å². The highest BCUT2D eigenvalue weighted by molar-refractivity contribution is 5.67. The third-order valence-electron chi connectivity index (χ3n) is 4.16. The number of hydrogen-bond acceptors (Lipinski definition) is 2. The van der Waals surface area contributed by atoms with Crippen LogP contribution in [0, 0.1) is 6.92 Å². The van der Waals surface area contributed by atoms with Gasteiger partial charge in [0.2, 0.25) is 0 Å². The minimum Gasteiger partial charge on any atom is -0.497 e. The molecule has 0 aliphatic carbocycles. The average Bonchev–Trinajstić information content (AvgIpc) is 2.93. The van der Waals surface area contributed by atoms with Crippen LogP contribution >= 0.6 is 0 Å². The molecule has 2 aromatic carbocycles. The second kappa shape index (κ2) is 6.40. The standard InChI is InChI=1S/C20H22N2O2/c1-13(2)19-18(15-7-5-14(3)6-8-15)20(23)21-22(19)16-9-11-17(24-4)12-10-16/h5-13H,1-4H3,(H,21,23). The molecular weight excluding hydrogens is 300 g/mol. The molecule has 4 nitrogen and oxygen atoms in total. The Morgan fingerprint density at radius 1 is 1.00 bits per heavy atom. The number of nitrogens with zero attached hydrogens (tertiary/aromatic N) is 1. The Hall–Kier alpha value is -2.75. The average molecular weight is 322 g/mol. The summed E-state index contributed by atoms with van der Waals surface area (Å²) in [6.07, 6.45) is 0. The molecule has 1 aromatic heterocycles. The van der Waals surface area contributed by atoms with Gasteiger partial charge in [0, 0.05) is 0 Å². The molecule has 0 saturated heterocycles. The minimum absolute atomic E-state index is 0.0710. The van der Waals surface area contributed by atoms with Gasteiger partial charge in [-0.15, -0.1) is 0 Å². The highest BCUT2D eigenvalue weighted by Gasteiger charge is 2.20. The molecule has 0 atom stereocenters. The zero-order valence-electron chi connectivity index (χ0n) is 14.5. The summed E-state index contributed by atoms with van der Waals surface area (Å²) in [6.45, 7) is 6.24. The van der Waals surface area contributed by atoms with E-state index < -0.39 is 0 Å². The lowest BCUT2D eigenvalue weighted by Gasteiger charge is -2.14. The number of hydrogen-bond donors (Lipinski definition) is 1. The summed E-state index contributed by atoms with van der Waals surface area (Å²) in [7, 11) is 1.64. The van der Waals surface area contributed by atoms with Crippen molar-refractivity contribution in [3.63, 3.8) is 0 Å². The summed E-state index contributed by atoms with van der Waals surface area (Å²) < 4.78 is 7.09. The summed E-state index contributed by atoms with van der Waals surface area (Å²) in [5.74, 6) is 0.987. The van der Waals surface area contributed by atoms with Gasteiger partial charge in [0.25, 0.3) is 5.56 Å². The molecular formula is C20H22N2O2. The number of aromatic amines is 1. The third kappa shape index (κ3) is 2.87. The number of methoxy groups -OCH3 is 1. The van der Waals surface area contributed by atoms with Crippen molar-refractivity contribution in [2.75, 3.05) is 7.11 Å². The Kier molecular flexibility index (Phi) is 4.30. The van der Waals surface area contributed by atoms with Gasteiger partial charge in [-0.05, 0) is 42.7 Å². The maximum atomic E-state index is 12.6. The van der Waals surface area contributed by atoms with Gasteiger partial charge in [-0.3, -0.25) is 14.6 Å². The molecule has 0 spiro atoms. The van der Waals surface area contributed by atoms with Gasteiger partial charge >= 0.3 is 0 Å². The minimum atomic E-state index is -0.0710. The Morgan fingerprint density at radius 3 is 2.17 bits per heavy atom. The van der Waals surface area contributed by atoms with Crippen molar-refractivity contribution in [1.29, 1.82) is 0 Å². The quantitative estimate of drug-likeness (QED) is 0.779. The van der Waals surface area contributed by atoms with Gasteiger partial charge in [0.15, 0.2) is 0 Å². The molecule has 1 heterocycles. The zero-order chi connectivity index (χ0) is 17.3. The van der Waals surface area contributed by atoms with Gasteiger partial charge in [-0.25, -0.2) is 0 Å². The predicted molar refractivity (Wildman–Crippen MR) is 97.2 cm³/mol. The van der Waals surface area contributed by atoms with Gasteiger partial charge in [0.05, 0.1) is 24.1 Å². The van der Waals surface area contributed by atoms with Crippen LogP contribution in [-0.2, 0) is 0 Å². The van der Waals surface area contributed by atoms with Crippen LogP contribution in [0.25, 0.3) is 16.8 Å². The van der Waals surface area contributed by atoms with E-state index in [1.807, 2.05) is 60.1 Å². The summed E-state index contributed by atoms with van der Waals surface area (Å²) in [6, 6.07) is 15.7. The Bertz CT molecular complexity index is 885. The summed E-state index contributed by atoms with van der Waals surface area (Å²) in [5.41, 5.74) is 4.68. The molecule has 24 heavy (non-hydrogen) atoms. The van der Waals surface area contributed by atoms with E-state index in [0.717, 1.165) is 28.3 Å². The fourth-order valence-electron chi connectivity index (χ4n) is 2.93. The van der Waals surface area contributed by atoms with E-state index in [1.165, 1.54) is 5.56 Å². The van der Waals surface area contributed by atoms with Crippen molar-refractivity contribution in [1.82, 2.24) is 9.78 Å². The third-order valence-corrected chi connectivity index (χ3v) is 4.16. The highest BCUT2D eigenvalue weighted by atomic mass is 16.5. The molecule has 3 aromatic rings. The van der Waals surface area contributed by atoms with Gasteiger partial charge in [-0.2, -0.15) is 0 Å². The lowest BCUT2D eigenvalue weighted by molar-refractivity contribution is 0.414. The van der Waals surface area contributed by atoms with E-state index in [2.05, 4.69) is 18.9 Å². The van der Waals surface area contributed by atoms with Crippen molar-refractivity contribution in [3.8, 4) is 22.6 Å². The number of ether oxygens (including phenoxy) is 1. The topological polar surface area (TPSA) is 47.0 Å². The van der Waals surface area contributed by atoms with E-state index in [9.17, 15) is 4.79 Å². The van der Waals surface area contributed by atoms with Crippen LogP contribution < -0.4 is 10.3 Å². The lowest BCUT2D eigenvalue weighted by atomic mass is 9.98. The van der Waals surface area contributed by atoms with E-state index in [0.29, 0.717) is 0 Å². The van der Waals surface area contributed by atoms with E-state index in [4.69, 9.17) is 4.74 Å². The molecule has 4 heteroatoms. The number of nitrogens with one attached hydrogen (secondary N) is 1. The van der Waals surface area contributed by atoms with Crippen LogP contribution in [0.5, 0.6) is 5.75 Å². The van der Waals surface area contributed by atoms with Crippen molar-refractivity contribution >= 4 is 0 Å². The molecule has 0 radical (unpaired) electrons. The van der Waals surface area contributed by atoms with Crippen LogP contribution in [0.2, 0.25) is 0 Å². The summed E-state index contributed by atoms with van der Waals surface area (Å²) >= 11 is 0. The number of aryl methyl sites for hydroxylation is 1. The number of aromatic nitrogens is 2. The monoisotopic (exact) mass is 322 g/mol. The molecule has 0 fully saturated rings. The molecule has 1 N–H and O–H groups in total. The predicted octanol–water partition coefficient (Wildman–Crippen LogP) is 4.27. The second-order valence-corrected chi connectivity index (χ2v) is 6.26. The first-order chi connectivity index (χ1) is 11.5. The number of benzene rings is 2. The fourth-order valence-corrected chi connectivity index (χ4v) is 2.93. The number of H-pyrrole nitrogens is 1. The molecule has 124 valence electrons. The number of rotatable bonds is 4. The molecule has 0 saturated carbocycles. The van der Waals surface area contributed by atoms with Crippen LogP contribution in [0.15, 0.2) is 53.3 Å². The van der Waals surface area contributed by atoms with Crippen LogP contribution in [0.3, 0.4) is 0 Å². The molecule has 0 aliphatic rings. The molecule has 0 unspecified atom stereocenters. The van der Waals surface area contributed by atoms with E-state index in [1.54, 1.807) is 7.11 Å². The Labute approximate surface area is 141 Å². The van der Waals surface area contributed by atoms with Crippen molar-refractivity contribution in [3.05, 3.63) is 70.1 Å². The first-order valence-electron chi connectivity index (χ1n) is 8.07. The van der Waals surface area contributed by atoms with Crippen LogP contribution in [0.1, 0.15) is 31.0 Å². The van der Waals surface area contributed by atoms with Crippen molar-refractivity contribution in [2.24, 2.45) is 0 Å². The molecule has 0 aliphatic heterocycles. The van der Waals surface area contributed by atoms with E-state index >= 15 is 0 Å². The first kappa shape index (κ1) is 16.1. The maximum absolute atomic E-state index is 12.6. The molecule has 0 bridgehead atoms. The van der Waals surface area contributed by atoms with Gasteiger partial charge < -0.3 is 4.74 Å². The van der Waals surface area contributed by atoms with Crippen LogP contribution in [0.4, 0.5) is 0 Å². The largest absolute Gasteiger partial charge is 0.497 e. The molecule has 3 rings (SSSR count). The Balaban J connectivity index is 2.19. The van der Waals surface area contributed by atoms with E-state index in [-0.39, 0.29) is 11.5 Å². The van der Waals surface area contributed by atoms with Crippen molar-refractivity contribution in [2.45, 2.75) is 26.7 Å². The Morgan fingerprint density at radius 2 is 1.62 bits per heavy atom. The normalized spacial score (nSPS) is 11.0. The molecule has 0 amide bonds. The zero-order valence-corrected chi connectivity index (χ0v) is 14.5. The highest BCUT2D eigenvalue weighted by Crippen LogP contribution is 2.29. The lowest BCUT2D eigenvalue weighted by Crippen LogP contribution is -2.06. The smallest absolute Gasteiger partial charge is 0.272 e. The first-order valence-corrected chi connectivity index (χ1v) is 8.07. The summed E-state index contributed by atoms with van der Waals surface area (Å²) in [4.78, 5) is 12.6.